The number of hydrogen-bond acceptors (Lipinski definition) is 3. The van der Waals surface area contributed by atoms with Crippen molar-refractivity contribution in [3.05, 3.63) is 234 Å². The van der Waals surface area contributed by atoms with E-state index in [9.17, 15) is 0 Å². The molecule has 0 aromatic heterocycles. The van der Waals surface area contributed by atoms with E-state index in [1.807, 2.05) is 0 Å². The lowest BCUT2D eigenvalue weighted by Gasteiger charge is -2.44. The highest BCUT2D eigenvalue weighted by Crippen LogP contribution is 2.57. The zero-order valence-corrected chi connectivity index (χ0v) is 38.9. The first kappa shape index (κ1) is 39.8. The quantitative estimate of drug-likeness (QED) is 0.155. The summed E-state index contributed by atoms with van der Waals surface area (Å²) < 4.78 is 7.46. The monoisotopic (exact) mass is 862 g/mol. The number of para-hydroxylation sites is 4. The molecule has 0 atom stereocenters. The lowest BCUT2D eigenvalue weighted by atomic mass is 9.30. The third kappa shape index (κ3) is 5.66. The molecule has 0 fully saturated rings. The predicted octanol–water partition coefficient (Wildman–Crippen LogP) is 14.5. The van der Waals surface area contributed by atoms with Gasteiger partial charge in [0.15, 0.2) is 0 Å². The molecule has 2 aliphatic heterocycles. The maximum atomic E-state index is 7.46. The van der Waals surface area contributed by atoms with Crippen LogP contribution < -0.4 is 30.9 Å². The van der Waals surface area contributed by atoms with Crippen LogP contribution in [0.1, 0.15) is 74.9 Å². The second-order valence-electron chi connectivity index (χ2n) is 20.5. The van der Waals surface area contributed by atoms with Gasteiger partial charge in [0.25, 0.3) is 6.71 Å². The zero-order valence-electron chi connectivity index (χ0n) is 38.9. The van der Waals surface area contributed by atoms with Gasteiger partial charge in [0, 0.05) is 50.4 Å². The van der Waals surface area contributed by atoms with Crippen LogP contribution in [0.3, 0.4) is 0 Å². The minimum atomic E-state index is -0.280. The van der Waals surface area contributed by atoms with E-state index in [2.05, 4.69) is 252 Å². The van der Waals surface area contributed by atoms with Crippen LogP contribution in [-0.2, 0) is 16.2 Å². The van der Waals surface area contributed by atoms with Crippen LogP contribution in [0.25, 0.3) is 22.3 Å². The van der Waals surface area contributed by atoms with Crippen molar-refractivity contribution < 1.29 is 4.74 Å². The summed E-state index contributed by atoms with van der Waals surface area (Å²) in [4.78, 5) is 4.74. The Bertz CT molecular complexity index is 3390. The minimum absolute atomic E-state index is 0.0250. The van der Waals surface area contributed by atoms with Gasteiger partial charge in [0.2, 0.25) is 0 Å². The molecule has 0 bridgehead atoms. The minimum Gasteiger partial charge on any atom is -0.458 e. The number of hydrogen-bond donors (Lipinski definition) is 0. The summed E-state index contributed by atoms with van der Waals surface area (Å²) >= 11 is 0. The number of anilines is 6. The van der Waals surface area contributed by atoms with Crippen LogP contribution in [0, 0.1) is 0 Å². The Balaban J connectivity index is 1.01. The molecule has 322 valence electrons. The van der Waals surface area contributed by atoms with E-state index in [0.29, 0.717) is 0 Å². The van der Waals surface area contributed by atoms with Crippen LogP contribution >= 0.6 is 0 Å². The molecule has 9 aromatic rings. The Morgan fingerprint density at radius 1 is 0.328 bits per heavy atom. The Morgan fingerprint density at radius 3 is 1.30 bits per heavy atom. The van der Waals surface area contributed by atoms with Crippen LogP contribution in [0.15, 0.2) is 200 Å². The van der Waals surface area contributed by atoms with E-state index < -0.39 is 0 Å². The van der Waals surface area contributed by atoms with Crippen LogP contribution in [0.4, 0.5) is 34.1 Å². The Labute approximate surface area is 395 Å². The van der Waals surface area contributed by atoms with Gasteiger partial charge in [-0.25, -0.2) is 0 Å². The van der Waals surface area contributed by atoms with E-state index in [-0.39, 0.29) is 23.0 Å². The highest BCUT2D eigenvalue weighted by atomic mass is 16.5. The van der Waals surface area contributed by atoms with E-state index in [1.165, 1.54) is 72.0 Å². The molecule has 0 unspecified atom stereocenters. The van der Waals surface area contributed by atoms with Crippen molar-refractivity contribution in [3.8, 4) is 33.8 Å². The first-order valence-corrected chi connectivity index (χ1v) is 23.8. The summed E-state index contributed by atoms with van der Waals surface area (Å²) in [5, 5.41) is 0. The van der Waals surface area contributed by atoms with Crippen molar-refractivity contribution in [2.24, 2.45) is 0 Å². The molecular weight excluding hydrogens is 812 g/mol. The third-order valence-electron chi connectivity index (χ3n) is 15.7. The van der Waals surface area contributed by atoms with Crippen molar-refractivity contribution in [1.29, 1.82) is 0 Å². The summed E-state index contributed by atoms with van der Waals surface area (Å²) in [6.07, 6.45) is 0. The highest BCUT2D eigenvalue weighted by molar-refractivity contribution is 6.98. The number of fused-ring (bicyclic) bond motifs is 11. The molecule has 0 saturated heterocycles. The SMILES string of the molecule is CC1(C)c2ccc(N(c3ccccc3)c3ccccc3)cc2-c2cc3c(cc21)B1c2ccccc2C(C)(C)c2c1c(cc1c2C(C)(C)c2ccc(N(c4ccccc4)c4ccccc4)cc2-1)O3. The maximum Gasteiger partial charge on any atom is 0.251 e. The summed E-state index contributed by atoms with van der Waals surface area (Å²) in [5.74, 6) is 1.91. The summed E-state index contributed by atoms with van der Waals surface area (Å²) in [7, 11) is 0. The molecule has 4 aliphatic rings. The van der Waals surface area contributed by atoms with Gasteiger partial charge in [-0.1, -0.05) is 162 Å². The fourth-order valence-electron chi connectivity index (χ4n) is 12.6. The molecule has 67 heavy (non-hydrogen) atoms. The van der Waals surface area contributed by atoms with E-state index in [4.69, 9.17) is 4.74 Å². The fourth-order valence-corrected chi connectivity index (χ4v) is 12.6. The van der Waals surface area contributed by atoms with Gasteiger partial charge in [-0.2, -0.15) is 0 Å². The molecular formula is C63H51BN2O. The molecule has 2 heterocycles. The molecule has 9 aromatic carbocycles. The van der Waals surface area contributed by atoms with E-state index >= 15 is 0 Å². The molecule has 2 aliphatic carbocycles. The normalized spacial score (nSPS) is 15.5. The van der Waals surface area contributed by atoms with Gasteiger partial charge in [0.05, 0.1) is 0 Å². The molecule has 0 amide bonds. The number of rotatable bonds is 6. The second kappa shape index (κ2) is 14.2. The molecule has 3 nitrogen and oxygen atoms in total. The summed E-state index contributed by atoms with van der Waals surface area (Å²) in [6, 6.07) is 73.6. The molecule has 0 N–H and O–H groups in total. The fraction of sp³-hybridized carbons (Fsp3) is 0.143. The Hall–Kier alpha value is -7.56. The van der Waals surface area contributed by atoms with Gasteiger partial charge < -0.3 is 14.5 Å². The number of benzene rings is 9. The first-order valence-electron chi connectivity index (χ1n) is 23.8. The molecule has 13 rings (SSSR count). The van der Waals surface area contributed by atoms with Crippen molar-refractivity contribution in [2.75, 3.05) is 9.80 Å². The van der Waals surface area contributed by atoms with Crippen LogP contribution in [-0.4, -0.2) is 6.71 Å². The lowest BCUT2D eigenvalue weighted by Crippen LogP contribution is -2.63. The van der Waals surface area contributed by atoms with Crippen LogP contribution in [0.2, 0.25) is 0 Å². The summed E-state index contributed by atoms with van der Waals surface area (Å²) in [6.45, 7) is 14.6. The average Bonchev–Trinajstić information content (AvgIpc) is 3.71. The number of ether oxygens (including phenoxy) is 1. The van der Waals surface area contributed by atoms with Crippen molar-refractivity contribution >= 4 is 57.2 Å². The Kier molecular flexibility index (Phi) is 8.45. The Morgan fingerprint density at radius 2 is 0.761 bits per heavy atom. The molecule has 0 radical (unpaired) electrons. The van der Waals surface area contributed by atoms with Crippen LogP contribution in [0.5, 0.6) is 11.5 Å². The van der Waals surface area contributed by atoms with Gasteiger partial charge in [-0.15, -0.1) is 0 Å². The average molecular weight is 863 g/mol. The van der Waals surface area contributed by atoms with E-state index in [0.717, 1.165) is 45.6 Å². The van der Waals surface area contributed by atoms with E-state index in [1.54, 1.807) is 0 Å². The standard InChI is InChI=1S/C63H51BN2O/c1-61(2)50-33-31-44(65(40-21-11-7-12-22-40)41-23-13-8-14-24-41)35-46(50)48-37-56-55(39-53(48)61)64-54-30-20-19-29-52(54)63(5,6)59-58-49(38-57(67-56)60(59)64)47-36-45(32-34-51(47)62(58,3)4)66(42-25-15-9-16-26-42)43-27-17-10-18-28-43/h7-39H,1-6H3. The van der Waals surface area contributed by atoms with Gasteiger partial charge in [0.1, 0.15) is 11.5 Å². The van der Waals surface area contributed by atoms with Gasteiger partial charge in [-0.3, -0.25) is 0 Å². The predicted molar refractivity (Wildman–Crippen MR) is 281 cm³/mol. The lowest BCUT2D eigenvalue weighted by molar-refractivity contribution is 0.483. The number of nitrogens with zero attached hydrogens (tertiary/aromatic N) is 2. The van der Waals surface area contributed by atoms with Crippen molar-refractivity contribution in [2.45, 2.75) is 57.8 Å². The first-order chi connectivity index (χ1) is 32.5. The van der Waals surface area contributed by atoms with Crippen molar-refractivity contribution in [1.82, 2.24) is 0 Å². The van der Waals surface area contributed by atoms with Gasteiger partial charge in [-0.05, 0) is 151 Å². The van der Waals surface area contributed by atoms with Crippen molar-refractivity contribution in [3.63, 3.8) is 0 Å². The molecule has 0 saturated carbocycles. The second-order valence-corrected chi connectivity index (χ2v) is 20.5. The largest absolute Gasteiger partial charge is 0.458 e. The zero-order chi connectivity index (χ0) is 45.4. The third-order valence-corrected chi connectivity index (χ3v) is 15.7. The highest BCUT2D eigenvalue weighted by Gasteiger charge is 2.51. The maximum absolute atomic E-state index is 7.46. The molecule has 4 heteroatoms. The topological polar surface area (TPSA) is 15.7 Å². The smallest absolute Gasteiger partial charge is 0.251 e. The molecule has 0 spiro atoms. The summed E-state index contributed by atoms with van der Waals surface area (Å²) in [5.41, 5.74) is 23.3. The van der Waals surface area contributed by atoms with Gasteiger partial charge >= 0.3 is 0 Å².